The average molecular weight is 349 g/mol. The number of fused-ring (bicyclic) bond motifs is 1. The van der Waals surface area contributed by atoms with Crippen LogP contribution in [-0.4, -0.2) is 50.4 Å². The number of halogens is 1. The Morgan fingerprint density at radius 2 is 2.17 bits per heavy atom. The zero-order valence-corrected chi connectivity index (χ0v) is 14.3. The van der Waals surface area contributed by atoms with Crippen molar-refractivity contribution in [2.75, 3.05) is 24.5 Å². The van der Waals surface area contributed by atoms with E-state index in [1.807, 2.05) is 18.2 Å². The summed E-state index contributed by atoms with van der Waals surface area (Å²) in [5.41, 5.74) is 0.773. The fourth-order valence-corrected chi connectivity index (χ4v) is 4.18. The van der Waals surface area contributed by atoms with Gasteiger partial charge in [-0.2, -0.15) is 4.52 Å². The van der Waals surface area contributed by atoms with E-state index in [1.54, 1.807) is 22.2 Å². The van der Waals surface area contributed by atoms with Crippen molar-refractivity contribution in [2.24, 2.45) is 0 Å². The van der Waals surface area contributed by atoms with Crippen molar-refractivity contribution >= 4 is 34.4 Å². The molecular formula is C15H17ClN6S. The Morgan fingerprint density at radius 3 is 2.96 bits per heavy atom. The fraction of sp³-hybridized carbons (Fsp3) is 0.400. The number of hydrogen-bond donors (Lipinski definition) is 0. The summed E-state index contributed by atoms with van der Waals surface area (Å²) in [5.74, 6) is 0.976. The Bertz CT molecular complexity index is 815. The summed E-state index contributed by atoms with van der Waals surface area (Å²) >= 11 is 7.68. The number of rotatable bonds is 3. The summed E-state index contributed by atoms with van der Waals surface area (Å²) in [5, 5.41) is 12.5. The van der Waals surface area contributed by atoms with Crippen LogP contribution in [-0.2, 0) is 6.54 Å². The number of thiophene rings is 1. The van der Waals surface area contributed by atoms with Gasteiger partial charge in [0.1, 0.15) is 12.1 Å². The summed E-state index contributed by atoms with van der Waals surface area (Å²) in [6, 6.07) is 8.48. The molecule has 0 radical (unpaired) electrons. The van der Waals surface area contributed by atoms with Crippen LogP contribution in [0.25, 0.3) is 5.65 Å². The van der Waals surface area contributed by atoms with Crippen LogP contribution in [0.3, 0.4) is 0 Å². The second-order valence-electron chi connectivity index (χ2n) is 5.81. The minimum atomic E-state index is 0.403. The van der Waals surface area contributed by atoms with Crippen LogP contribution in [0.1, 0.15) is 11.8 Å². The van der Waals surface area contributed by atoms with Crippen LogP contribution in [0.4, 0.5) is 5.82 Å². The molecule has 4 rings (SSSR count). The van der Waals surface area contributed by atoms with E-state index < -0.39 is 0 Å². The van der Waals surface area contributed by atoms with Crippen LogP contribution in [0.15, 0.2) is 30.6 Å². The molecule has 0 aliphatic carbocycles. The van der Waals surface area contributed by atoms with Crippen molar-refractivity contribution in [3.63, 3.8) is 0 Å². The molecule has 4 heterocycles. The molecule has 23 heavy (non-hydrogen) atoms. The fourth-order valence-electron chi connectivity index (χ4n) is 3.05. The monoisotopic (exact) mass is 348 g/mol. The summed E-state index contributed by atoms with van der Waals surface area (Å²) in [7, 11) is 0. The summed E-state index contributed by atoms with van der Waals surface area (Å²) in [4.78, 5) is 6.14. The Balaban J connectivity index is 1.46. The second-order valence-corrected chi connectivity index (χ2v) is 7.61. The first-order valence-corrected chi connectivity index (χ1v) is 8.79. The minimum Gasteiger partial charge on any atom is -0.350 e. The molecule has 1 saturated heterocycles. The minimum absolute atomic E-state index is 0.403. The van der Waals surface area contributed by atoms with E-state index in [2.05, 4.69) is 38.1 Å². The van der Waals surface area contributed by atoms with Crippen molar-refractivity contribution in [3.8, 4) is 0 Å². The molecule has 1 aliphatic heterocycles. The summed E-state index contributed by atoms with van der Waals surface area (Å²) in [6.45, 7) is 6.19. The van der Waals surface area contributed by atoms with Gasteiger partial charge in [-0.1, -0.05) is 11.6 Å². The van der Waals surface area contributed by atoms with E-state index in [-0.39, 0.29) is 0 Å². The molecule has 120 valence electrons. The van der Waals surface area contributed by atoms with Crippen molar-refractivity contribution < 1.29 is 0 Å². The predicted molar refractivity (Wildman–Crippen MR) is 92.2 cm³/mol. The molecule has 0 aromatic carbocycles. The van der Waals surface area contributed by atoms with Crippen LogP contribution >= 0.6 is 22.9 Å². The number of hydrogen-bond acceptors (Lipinski definition) is 6. The van der Waals surface area contributed by atoms with Crippen LogP contribution in [0.5, 0.6) is 0 Å². The van der Waals surface area contributed by atoms with Crippen LogP contribution in [0, 0.1) is 0 Å². The van der Waals surface area contributed by atoms with E-state index >= 15 is 0 Å². The average Bonchev–Trinajstić information content (AvgIpc) is 3.15. The molecule has 0 N–H and O–H groups in total. The van der Waals surface area contributed by atoms with Crippen LogP contribution < -0.4 is 4.90 Å². The molecule has 0 bridgehead atoms. The first-order chi connectivity index (χ1) is 11.2. The molecule has 1 fully saturated rings. The highest BCUT2D eigenvalue weighted by Gasteiger charge is 2.25. The molecule has 0 spiro atoms. The van der Waals surface area contributed by atoms with Crippen molar-refractivity contribution in [1.82, 2.24) is 24.7 Å². The van der Waals surface area contributed by atoms with Gasteiger partial charge in [0, 0.05) is 37.1 Å². The van der Waals surface area contributed by atoms with Gasteiger partial charge in [-0.15, -0.1) is 26.6 Å². The topological polar surface area (TPSA) is 49.6 Å². The maximum absolute atomic E-state index is 6.02. The summed E-state index contributed by atoms with van der Waals surface area (Å²) in [6.07, 6.45) is 1.64. The normalized spacial score (nSPS) is 19.6. The third kappa shape index (κ3) is 3.04. The van der Waals surface area contributed by atoms with Gasteiger partial charge in [0.15, 0.2) is 5.65 Å². The number of anilines is 1. The van der Waals surface area contributed by atoms with Gasteiger partial charge in [-0.05, 0) is 31.2 Å². The molecule has 1 atom stereocenters. The lowest BCUT2D eigenvalue weighted by atomic mass is 10.2. The highest BCUT2D eigenvalue weighted by molar-refractivity contribution is 7.16. The molecule has 3 aromatic rings. The van der Waals surface area contributed by atoms with Gasteiger partial charge >= 0.3 is 0 Å². The van der Waals surface area contributed by atoms with E-state index in [9.17, 15) is 0 Å². The SMILES string of the molecule is C[C@H]1CN(Cc2ccc(Cl)s2)CCN1c1ccc2nncn2n1. The highest BCUT2D eigenvalue weighted by atomic mass is 35.5. The van der Waals surface area contributed by atoms with E-state index in [0.29, 0.717) is 6.04 Å². The van der Waals surface area contributed by atoms with Gasteiger partial charge in [0.05, 0.1) is 4.34 Å². The lowest BCUT2D eigenvalue weighted by Crippen LogP contribution is -2.51. The lowest BCUT2D eigenvalue weighted by Gasteiger charge is -2.40. The summed E-state index contributed by atoms with van der Waals surface area (Å²) < 4.78 is 2.58. The maximum Gasteiger partial charge on any atom is 0.177 e. The van der Waals surface area contributed by atoms with Crippen LogP contribution in [0.2, 0.25) is 4.34 Å². The smallest absolute Gasteiger partial charge is 0.177 e. The van der Waals surface area contributed by atoms with Gasteiger partial charge in [-0.25, -0.2) is 0 Å². The van der Waals surface area contributed by atoms with Gasteiger partial charge in [0.25, 0.3) is 0 Å². The number of nitrogens with zero attached hydrogens (tertiary/aromatic N) is 6. The third-order valence-electron chi connectivity index (χ3n) is 4.16. The standard InChI is InChI=1S/C15H17ClN6S/c1-11-8-20(9-12-2-3-13(16)23-12)6-7-21(11)15-5-4-14-18-17-10-22(14)19-15/h2-5,10-11H,6-9H2,1H3/t11-/m0/s1. The molecule has 3 aromatic heterocycles. The van der Waals surface area contributed by atoms with Crippen molar-refractivity contribution in [1.29, 1.82) is 0 Å². The maximum atomic E-state index is 6.02. The Kier molecular flexibility index (Phi) is 3.92. The quantitative estimate of drug-likeness (QED) is 0.728. The molecule has 0 saturated carbocycles. The van der Waals surface area contributed by atoms with E-state index in [1.165, 1.54) is 4.88 Å². The number of aromatic nitrogens is 4. The van der Waals surface area contributed by atoms with Gasteiger partial charge in [0.2, 0.25) is 0 Å². The molecule has 6 nitrogen and oxygen atoms in total. The molecule has 0 amide bonds. The van der Waals surface area contributed by atoms with Gasteiger partial charge < -0.3 is 4.90 Å². The number of piperazine rings is 1. The largest absolute Gasteiger partial charge is 0.350 e. The predicted octanol–water partition coefficient (Wildman–Crippen LogP) is 2.55. The van der Waals surface area contributed by atoms with E-state index in [4.69, 9.17) is 11.6 Å². The van der Waals surface area contributed by atoms with Crippen molar-refractivity contribution in [2.45, 2.75) is 19.5 Å². The molecule has 8 heteroatoms. The highest BCUT2D eigenvalue weighted by Crippen LogP contribution is 2.24. The Labute approximate surface area is 143 Å². The zero-order valence-electron chi connectivity index (χ0n) is 12.8. The first-order valence-electron chi connectivity index (χ1n) is 7.59. The molecule has 0 unspecified atom stereocenters. The molecular weight excluding hydrogens is 332 g/mol. The Morgan fingerprint density at radius 1 is 1.26 bits per heavy atom. The first kappa shape index (κ1) is 14.9. The third-order valence-corrected chi connectivity index (χ3v) is 5.38. The zero-order chi connectivity index (χ0) is 15.8. The lowest BCUT2D eigenvalue weighted by molar-refractivity contribution is 0.222. The second kappa shape index (κ2) is 6.07. The van der Waals surface area contributed by atoms with Gasteiger partial charge in [-0.3, -0.25) is 4.90 Å². The Hall–Kier alpha value is -1.70. The molecule has 1 aliphatic rings. The van der Waals surface area contributed by atoms with Crippen molar-refractivity contribution in [3.05, 3.63) is 39.8 Å². The van der Waals surface area contributed by atoms with E-state index in [0.717, 1.165) is 42.0 Å².